The number of rotatable bonds is 7. The normalized spacial score (nSPS) is 17.4. The first-order chi connectivity index (χ1) is 12.2. The fourth-order valence-electron chi connectivity index (χ4n) is 3.05. The molecule has 0 bridgehead atoms. The van der Waals surface area contributed by atoms with Gasteiger partial charge in [-0.15, -0.1) is 11.3 Å². The molecule has 1 aliphatic heterocycles. The molecule has 0 spiro atoms. The molecule has 1 saturated heterocycles. The zero-order chi connectivity index (χ0) is 17.5. The van der Waals surface area contributed by atoms with Crippen LogP contribution in [0.3, 0.4) is 0 Å². The van der Waals surface area contributed by atoms with E-state index in [1.54, 1.807) is 11.3 Å². The van der Waals surface area contributed by atoms with Crippen molar-refractivity contribution < 1.29 is 4.79 Å². The zero-order valence-corrected chi connectivity index (χ0v) is 16.4. The number of amides is 1. The molecule has 1 N–H and O–H groups in total. The minimum atomic E-state index is 0.266. The third-order valence-corrected chi connectivity index (χ3v) is 6.54. The molecule has 2 aromatic rings. The summed E-state index contributed by atoms with van der Waals surface area (Å²) in [6.45, 7) is 4.63. The van der Waals surface area contributed by atoms with Crippen molar-refractivity contribution in [3.63, 3.8) is 0 Å². The second-order valence-corrected chi connectivity index (χ2v) is 9.02. The minimum absolute atomic E-state index is 0.266. The highest BCUT2D eigenvalue weighted by molar-refractivity contribution is 7.99. The van der Waals surface area contributed by atoms with Gasteiger partial charge in [0.15, 0.2) is 0 Å². The summed E-state index contributed by atoms with van der Waals surface area (Å²) >= 11 is 3.73. The van der Waals surface area contributed by atoms with Crippen molar-refractivity contribution in [2.45, 2.75) is 32.4 Å². The van der Waals surface area contributed by atoms with Crippen LogP contribution in [0.25, 0.3) is 0 Å². The second kappa shape index (κ2) is 9.41. The van der Waals surface area contributed by atoms with E-state index in [4.69, 9.17) is 0 Å². The number of benzene rings is 1. The average Bonchev–Trinajstić information content (AvgIpc) is 3.05. The molecule has 1 aromatic heterocycles. The van der Waals surface area contributed by atoms with E-state index < -0.39 is 0 Å². The predicted molar refractivity (Wildman–Crippen MR) is 108 cm³/mol. The summed E-state index contributed by atoms with van der Waals surface area (Å²) in [6, 6.07) is 15.0. The van der Waals surface area contributed by atoms with E-state index in [2.05, 4.69) is 48.6 Å². The molecular formula is C20H26N2OS2. The third kappa shape index (κ3) is 5.87. The van der Waals surface area contributed by atoms with Crippen LogP contribution >= 0.6 is 23.1 Å². The summed E-state index contributed by atoms with van der Waals surface area (Å²) < 4.78 is 0. The molecular weight excluding hydrogens is 348 g/mol. The third-order valence-electron chi connectivity index (χ3n) is 4.43. The highest BCUT2D eigenvalue weighted by Crippen LogP contribution is 2.19. The lowest BCUT2D eigenvalue weighted by Crippen LogP contribution is -2.42. The van der Waals surface area contributed by atoms with E-state index in [9.17, 15) is 4.79 Å². The number of aryl methyl sites for hydroxylation is 1. The maximum absolute atomic E-state index is 12.9. The van der Waals surface area contributed by atoms with Gasteiger partial charge >= 0.3 is 0 Å². The van der Waals surface area contributed by atoms with Crippen molar-refractivity contribution in [3.8, 4) is 0 Å². The molecule has 0 aliphatic carbocycles. The van der Waals surface area contributed by atoms with Crippen LogP contribution in [-0.4, -0.2) is 41.4 Å². The van der Waals surface area contributed by atoms with E-state index in [1.807, 2.05) is 22.7 Å². The summed E-state index contributed by atoms with van der Waals surface area (Å²) in [5.41, 5.74) is 1.29. The van der Waals surface area contributed by atoms with Gasteiger partial charge in [0.1, 0.15) is 0 Å². The van der Waals surface area contributed by atoms with Crippen molar-refractivity contribution in [3.05, 3.63) is 57.8 Å². The fourth-order valence-corrected chi connectivity index (χ4v) is 4.90. The molecule has 3 rings (SSSR count). The Morgan fingerprint density at radius 3 is 2.76 bits per heavy atom. The van der Waals surface area contributed by atoms with E-state index in [1.165, 1.54) is 15.3 Å². The number of carbonyl (C=O) groups is 1. The van der Waals surface area contributed by atoms with Gasteiger partial charge in [0.2, 0.25) is 5.91 Å². The van der Waals surface area contributed by atoms with Crippen molar-refractivity contribution in [2.75, 3.05) is 24.6 Å². The molecule has 0 radical (unpaired) electrons. The Kier molecular flexibility index (Phi) is 6.96. The zero-order valence-electron chi connectivity index (χ0n) is 14.7. The smallest absolute Gasteiger partial charge is 0.224 e. The van der Waals surface area contributed by atoms with Crippen molar-refractivity contribution in [2.24, 2.45) is 0 Å². The predicted octanol–water partition coefficient (Wildman–Crippen LogP) is 3.72. The Morgan fingerprint density at radius 1 is 1.24 bits per heavy atom. The Labute approximate surface area is 158 Å². The Bertz CT molecular complexity index is 665. The first-order valence-electron chi connectivity index (χ1n) is 8.89. The van der Waals surface area contributed by atoms with E-state index in [-0.39, 0.29) is 5.91 Å². The molecule has 25 heavy (non-hydrogen) atoms. The van der Waals surface area contributed by atoms with Crippen molar-refractivity contribution in [1.29, 1.82) is 0 Å². The number of carbonyl (C=O) groups excluding carboxylic acids is 1. The lowest BCUT2D eigenvalue weighted by molar-refractivity contribution is -0.132. The SMILES string of the molecule is Cc1ccc(CN(CCc2ccccc2)C(=O)CC2CSCCN2)s1. The fraction of sp³-hybridized carbons (Fsp3) is 0.450. The molecule has 1 unspecified atom stereocenters. The number of thioether (sulfide) groups is 1. The maximum Gasteiger partial charge on any atom is 0.224 e. The maximum atomic E-state index is 12.9. The molecule has 1 fully saturated rings. The number of hydrogen-bond acceptors (Lipinski definition) is 4. The van der Waals surface area contributed by atoms with Crippen LogP contribution in [0.2, 0.25) is 0 Å². The highest BCUT2D eigenvalue weighted by Gasteiger charge is 2.21. The standard InChI is InChI=1S/C20H26N2OS2/c1-16-7-8-19(25-16)14-22(11-9-17-5-3-2-4-6-17)20(23)13-18-15-24-12-10-21-18/h2-8,18,21H,9-15H2,1H3. The van der Waals surface area contributed by atoms with Crippen LogP contribution in [0, 0.1) is 6.92 Å². The van der Waals surface area contributed by atoms with Crippen LogP contribution in [-0.2, 0) is 17.8 Å². The molecule has 1 atom stereocenters. The first kappa shape index (κ1) is 18.5. The van der Waals surface area contributed by atoms with Crippen molar-refractivity contribution >= 4 is 29.0 Å². The summed E-state index contributed by atoms with van der Waals surface area (Å²) in [7, 11) is 0. The van der Waals surface area contributed by atoms with E-state index in [0.29, 0.717) is 12.5 Å². The summed E-state index contributed by atoms with van der Waals surface area (Å²) in [6.07, 6.45) is 1.51. The van der Waals surface area contributed by atoms with Gasteiger partial charge in [-0.2, -0.15) is 11.8 Å². The van der Waals surface area contributed by atoms with Gasteiger partial charge in [-0.25, -0.2) is 0 Å². The number of nitrogens with one attached hydrogen (secondary N) is 1. The largest absolute Gasteiger partial charge is 0.337 e. The highest BCUT2D eigenvalue weighted by atomic mass is 32.2. The molecule has 2 heterocycles. The number of thiophene rings is 1. The Morgan fingerprint density at radius 2 is 2.08 bits per heavy atom. The second-order valence-electron chi connectivity index (χ2n) is 6.49. The van der Waals surface area contributed by atoms with Gasteiger partial charge in [-0.3, -0.25) is 4.79 Å². The lowest BCUT2D eigenvalue weighted by atomic mass is 10.1. The first-order valence-corrected chi connectivity index (χ1v) is 10.9. The van der Waals surface area contributed by atoms with E-state index >= 15 is 0 Å². The average molecular weight is 375 g/mol. The van der Waals surface area contributed by atoms with Crippen LogP contribution in [0.1, 0.15) is 21.7 Å². The quantitative estimate of drug-likeness (QED) is 0.802. The van der Waals surface area contributed by atoms with Crippen LogP contribution in [0.15, 0.2) is 42.5 Å². The molecule has 0 saturated carbocycles. The summed E-state index contributed by atoms with van der Waals surface area (Å²) in [5.74, 6) is 2.45. The van der Waals surface area contributed by atoms with Gasteiger partial charge in [0, 0.05) is 46.8 Å². The van der Waals surface area contributed by atoms with E-state index in [0.717, 1.165) is 37.6 Å². The summed E-state index contributed by atoms with van der Waals surface area (Å²) in [4.78, 5) is 17.5. The Hall–Kier alpha value is -1.30. The van der Waals surface area contributed by atoms with Gasteiger partial charge < -0.3 is 10.2 Å². The van der Waals surface area contributed by atoms with Crippen LogP contribution in [0.4, 0.5) is 0 Å². The molecule has 1 aliphatic rings. The number of nitrogens with zero attached hydrogens (tertiary/aromatic N) is 1. The lowest BCUT2D eigenvalue weighted by Gasteiger charge is -2.27. The number of hydrogen-bond donors (Lipinski definition) is 1. The molecule has 3 nitrogen and oxygen atoms in total. The van der Waals surface area contributed by atoms with Gasteiger partial charge in [0.05, 0.1) is 6.54 Å². The van der Waals surface area contributed by atoms with Gasteiger partial charge in [-0.1, -0.05) is 30.3 Å². The molecule has 5 heteroatoms. The van der Waals surface area contributed by atoms with Gasteiger partial charge in [-0.05, 0) is 31.0 Å². The van der Waals surface area contributed by atoms with Crippen LogP contribution < -0.4 is 5.32 Å². The minimum Gasteiger partial charge on any atom is -0.337 e. The van der Waals surface area contributed by atoms with Crippen molar-refractivity contribution in [1.82, 2.24) is 10.2 Å². The summed E-state index contributed by atoms with van der Waals surface area (Å²) in [5, 5.41) is 3.48. The topological polar surface area (TPSA) is 32.3 Å². The molecule has 134 valence electrons. The van der Waals surface area contributed by atoms with Crippen LogP contribution in [0.5, 0.6) is 0 Å². The Balaban J connectivity index is 1.63. The monoisotopic (exact) mass is 374 g/mol. The molecule has 1 amide bonds. The molecule has 1 aromatic carbocycles. The van der Waals surface area contributed by atoms with Gasteiger partial charge in [0.25, 0.3) is 0 Å².